The van der Waals surface area contributed by atoms with E-state index < -0.39 is 0 Å². The molecule has 0 aliphatic carbocycles. The molecule has 0 aromatic rings. The first-order chi connectivity index (χ1) is 10.3. The largest absolute Gasteiger partial charge is 0.348 e. The molecule has 0 atom stereocenters. The quantitative estimate of drug-likeness (QED) is 0.662. The van der Waals surface area contributed by atoms with Gasteiger partial charge in [0, 0.05) is 47.2 Å². The molecule has 22 heavy (non-hydrogen) atoms. The van der Waals surface area contributed by atoms with Crippen LogP contribution in [0, 0.1) is 0 Å². The minimum atomic E-state index is 0.00245. The minimum absolute atomic E-state index is 0.00245. The molecule has 1 heterocycles. The van der Waals surface area contributed by atoms with E-state index in [0.717, 1.165) is 13.0 Å². The molecule has 1 aliphatic heterocycles. The lowest BCUT2D eigenvalue weighted by atomic mass is 10.3. The van der Waals surface area contributed by atoms with Crippen LogP contribution in [0.5, 0.6) is 0 Å². The van der Waals surface area contributed by atoms with Crippen LogP contribution in [0.25, 0.3) is 0 Å². The molecule has 0 saturated carbocycles. The Bertz CT molecular complexity index is 404. The van der Waals surface area contributed by atoms with Crippen molar-refractivity contribution in [2.45, 2.75) is 20.3 Å². The Balaban J connectivity index is 2.50. The van der Waals surface area contributed by atoms with Crippen LogP contribution in [-0.4, -0.2) is 97.2 Å². The lowest BCUT2D eigenvalue weighted by Crippen LogP contribution is -2.52. The molecule has 0 aromatic heterocycles. The predicted molar refractivity (Wildman–Crippen MR) is 84.3 cm³/mol. The standard InChI is InChI=1S/C15H28N4O3/c1-5-6-17(11-14(21)16(3)4)12-15(22)19-9-7-18(8-10-19)13(2)20/h5-12H2,1-4H3. The molecule has 7 nitrogen and oxygen atoms in total. The zero-order chi connectivity index (χ0) is 16.7. The highest BCUT2D eigenvalue weighted by molar-refractivity contribution is 5.81. The maximum absolute atomic E-state index is 12.4. The lowest BCUT2D eigenvalue weighted by molar-refractivity contribution is -0.140. The van der Waals surface area contributed by atoms with Gasteiger partial charge in [-0.15, -0.1) is 0 Å². The topological polar surface area (TPSA) is 64.2 Å². The zero-order valence-corrected chi connectivity index (χ0v) is 14.2. The SMILES string of the molecule is CCCN(CC(=O)N(C)C)CC(=O)N1CCN(C(C)=O)CC1. The molecule has 1 fully saturated rings. The van der Waals surface area contributed by atoms with E-state index in [-0.39, 0.29) is 30.8 Å². The number of rotatable bonds is 6. The highest BCUT2D eigenvalue weighted by Gasteiger charge is 2.24. The molecule has 0 N–H and O–H groups in total. The first kappa shape index (κ1) is 18.4. The third kappa shape index (κ3) is 5.63. The van der Waals surface area contributed by atoms with Crippen LogP contribution in [0.2, 0.25) is 0 Å². The van der Waals surface area contributed by atoms with Gasteiger partial charge in [0.2, 0.25) is 17.7 Å². The number of hydrogen-bond donors (Lipinski definition) is 0. The van der Waals surface area contributed by atoms with Crippen molar-refractivity contribution in [3.05, 3.63) is 0 Å². The summed E-state index contributed by atoms with van der Waals surface area (Å²) in [6, 6.07) is 0. The van der Waals surface area contributed by atoms with Gasteiger partial charge < -0.3 is 14.7 Å². The average Bonchev–Trinajstić information content (AvgIpc) is 2.47. The minimum Gasteiger partial charge on any atom is -0.348 e. The summed E-state index contributed by atoms with van der Waals surface area (Å²) in [6.07, 6.45) is 0.895. The number of piperazine rings is 1. The fraction of sp³-hybridized carbons (Fsp3) is 0.800. The second-order valence-electron chi connectivity index (χ2n) is 5.89. The fourth-order valence-electron chi connectivity index (χ4n) is 2.42. The molecule has 1 aliphatic rings. The van der Waals surface area contributed by atoms with E-state index in [4.69, 9.17) is 0 Å². The van der Waals surface area contributed by atoms with Crippen molar-refractivity contribution in [3.8, 4) is 0 Å². The van der Waals surface area contributed by atoms with E-state index in [9.17, 15) is 14.4 Å². The molecular formula is C15H28N4O3. The third-order valence-electron chi connectivity index (χ3n) is 3.83. The Morgan fingerprint density at radius 2 is 1.50 bits per heavy atom. The molecule has 0 spiro atoms. The molecule has 0 bridgehead atoms. The third-order valence-corrected chi connectivity index (χ3v) is 3.83. The van der Waals surface area contributed by atoms with Crippen molar-refractivity contribution >= 4 is 17.7 Å². The van der Waals surface area contributed by atoms with E-state index >= 15 is 0 Å². The molecular weight excluding hydrogens is 284 g/mol. The lowest BCUT2D eigenvalue weighted by Gasteiger charge is -2.35. The Kier molecular flexibility index (Phi) is 7.31. The molecule has 7 heteroatoms. The normalized spacial score (nSPS) is 15.1. The van der Waals surface area contributed by atoms with Gasteiger partial charge in [-0.3, -0.25) is 19.3 Å². The van der Waals surface area contributed by atoms with Crippen LogP contribution in [0.3, 0.4) is 0 Å². The van der Waals surface area contributed by atoms with Crippen LogP contribution in [0.15, 0.2) is 0 Å². The number of amides is 3. The second kappa shape index (κ2) is 8.73. The summed E-state index contributed by atoms with van der Waals surface area (Å²) in [5.74, 6) is 0.0853. The maximum atomic E-state index is 12.4. The van der Waals surface area contributed by atoms with Crippen molar-refractivity contribution in [3.63, 3.8) is 0 Å². The van der Waals surface area contributed by atoms with Crippen molar-refractivity contribution in [2.24, 2.45) is 0 Å². The average molecular weight is 312 g/mol. The molecule has 0 radical (unpaired) electrons. The first-order valence-electron chi connectivity index (χ1n) is 7.81. The number of likely N-dealkylation sites (N-methyl/N-ethyl adjacent to an activating group) is 1. The van der Waals surface area contributed by atoms with Crippen LogP contribution in [0.1, 0.15) is 20.3 Å². The summed E-state index contributed by atoms with van der Waals surface area (Å²) in [7, 11) is 3.44. The Labute approximate surface area is 132 Å². The summed E-state index contributed by atoms with van der Waals surface area (Å²) in [6.45, 7) is 7.14. The summed E-state index contributed by atoms with van der Waals surface area (Å²) in [5, 5.41) is 0. The van der Waals surface area contributed by atoms with E-state index in [1.807, 2.05) is 11.8 Å². The summed E-state index contributed by atoms with van der Waals surface area (Å²) in [5.41, 5.74) is 0. The first-order valence-corrected chi connectivity index (χ1v) is 7.81. The summed E-state index contributed by atoms with van der Waals surface area (Å²) < 4.78 is 0. The van der Waals surface area contributed by atoms with Crippen molar-refractivity contribution in [1.82, 2.24) is 19.6 Å². The number of carbonyl (C=O) groups excluding carboxylic acids is 3. The van der Waals surface area contributed by atoms with Gasteiger partial charge in [-0.1, -0.05) is 6.92 Å². The fourth-order valence-corrected chi connectivity index (χ4v) is 2.42. The molecule has 0 aromatic carbocycles. The van der Waals surface area contributed by atoms with Gasteiger partial charge in [-0.2, -0.15) is 0 Å². The van der Waals surface area contributed by atoms with Crippen LogP contribution >= 0.6 is 0 Å². The van der Waals surface area contributed by atoms with Crippen LogP contribution in [0.4, 0.5) is 0 Å². The van der Waals surface area contributed by atoms with Gasteiger partial charge in [-0.05, 0) is 13.0 Å². The van der Waals surface area contributed by atoms with Crippen molar-refractivity contribution in [1.29, 1.82) is 0 Å². The predicted octanol–water partition coefficient (Wildman–Crippen LogP) is -0.523. The maximum Gasteiger partial charge on any atom is 0.236 e. The number of nitrogens with zero attached hydrogens (tertiary/aromatic N) is 4. The van der Waals surface area contributed by atoms with Crippen LogP contribution < -0.4 is 0 Å². The van der Waals surface area contributed by atoms with Gasteiger partial charge in [-0.25, -0.2) is 0 Å². The molecule has 1 rings (SSSR count). The van der Waals surface area contributed by atoms with Crippen LogP contribution in [-0.2, 0) is 14.4 Å². The van der Waals surface area contributed by atoms with E-state index in [1.54, 1.807) is 35.7 Å². The van der Waals surface area contributed by atoms with Crippen molar-refractivity contribution in [2.75, 3.05) is 59.9 Å². The van der Waals surface area contributed by atoms with E-state index in [1.165, 1.54) is 0 Å². The molecule has 126 valence electrons. The van der Waals surface area contributed by atoms with Crippen molar-refractivity contribution < 1.29 is 14.4 Å². The van der Waals surface area contributed by atoms with Gasteiger partial charge in [0.25, 0.3) is 0 Å². The Morgan fingerprint density at radius 1 is 0.955 bits per heavy atom. The zero-order valence-electron chi connectivity index (χ0n) is 14.2. The second-order valence-corrected chi connectivity index (χ2v) is 5.89. The number of carbonyl (C=O) groups is 3. The number of hydrogen-bond acceptors (Lipinski definition) is 4. The van der Waals surface area contributed by atoms with E-state index in [2.05, 4.69) is 0 Å². The molecule has 1 saturated heterocycles. The van der Waals surface area contributed by atoms with Gasteiger partial charge in [0.05, 0.1) is 13.1 Å². The van der Waals surface area contributed by atoms with Gasteiger partial charge in [0.15, 0.2) is 0 Å². The smallest absolute Gasteiger partial charge is 0.236 e. The molecule has 0 unspecified atom stereocenters. The Morgan fingerprint density at radius 3 is 1.95 bits per heavy atom. The highest BCUT2D eigenvalue weighted by atomic mass is 16.2. The summed E-state index contributed by atoms with van der Waals surface area (Å²) >= 11 is 0. The highest BCUT2D eigenvalue weighted by Crippen LogP contribution is 2.04. The monoisotopic (exact) mass is 312 g/mol. The summed E-state index contributed by atoms with van der Waals surface area (Å²) in [4.78, 5) is 42.4. The van der Waals surface area contributed by atoms with Gasteiger partial charge in [0.1, 0.15) is 0 Å². The van der Waals surface area contributed by atoms with Gasteiger partial charge >= 0.3 is 0 Å². The molecule has 3 amide bonds. The Hall–Kier alpha value is -1.63. The van der Waals surface area contributed by atoms with E-state index in [0.29, 0.717) is 26.2 Å².